The average Bonchev–Trinajstić information content (AvgIpc) is 2.31. The van der Waals surface area contributed by atoms with Crippen LogP contribution in [0.4, 0.5) is 5.69 Å². The number of rotatable bonds is 5. The fourth-order valence-corrected chi connectivity index (χ4v) is 1.63. The highest BCUT2D eigenvalue weighted by atomic mass is 35.5. The molecule has 0 aliphatic carbocycles. The molecule has 0 aromatic carbocycles. The van der Waals surface area contributed by atoms with Crippen molar-refractivity contribution in [3.63, 3.8) is 0 Å². The smallest absolute Gasteiger partial charge is 0.224 e. The maximum Gasteiger partial charge on any atom is 0.224 e. The summed E-state index contributed by atoms with van der Waals surface area (Å²) in [6.45, 7) is 4.50. The highest BCUT2D eigenvalue weighted by Gasteiger charge is 2.10. The summed E-state index contributed by atoms with van der Waals surface area (Å²) in [5.41, 5.74) is 7.00. The monoisotopic (exact) mass is 255 g/mol. The molecule has 0 aliphatic heterocycles. The quantitative estimate of drug-likeness (QED) is 0.794. The van der Waals surface area contributed by atoms with E-state index in [1.165, 1.54) is 0 Å². The number of nitrogens with zero attached hydrogens (tertiary/aromatic N) is 1. The number of nitrogens with two attached hydrogens (primary N) is 1. The zero-order valence-electron chi connectivity index (χ0n) is 10.2. The van der Waals surface area contributed by atoms with Crippen molar-refractivity contribution in [2.75, 3.05) is 11.9 Å². The lowest BCUT2D eigenvalue weighted by molar-refractivity contribution is -0.116. The number of aryl methyl sites for hydroxylation is 1. The summed E-state index contributed by atoms with van der Waals surface area (Å²) in [5, 5.41) is 3.11. The van der Waals surface area contributed by atoms with Crippen LogP contribution in [-0.2, 0) is 4.79 Å². The molecule has 0 saturated carbocycles. The van der Waals surface area contributed by atoms with Crippen molar-refractivity contribution in [2.45, 2.75) is 26.7 Å². The summed E-state index contributed by atoms with van der Waals surface area (Å²) in [4.78, 5) is 15.6. The molecule has 1 aromatic heterocycles. The van der Waals surface area contributed by atoms with Gasteiger partial charge in [-0.2, -0.15) is 0 Å². The first-order valence-corrected chi connectivity index (χ1v) is 6.03. The Labute approximate surface area is 107 Å². The van der Waals surface area contributed by atoms with E-state index in [0.717, 1.165) is 12.0 Å². The van der Waals surface area contributed by atoms with Crippen LogP contribution in [0.3, 0.4) is 0 Å². The molecule has 17 heavy (non-hydrogen) atoms. The van der Waals surface area contributed by atoms with Crippen LogP contribution >= 0.6 is 11.6 Å². The van der Waals surface area contributed by atoms with Crippen molar-refractivity contribution in [1.29, 1.82) is 0 Å². The van der Waals surface area contributed by atoms with Crippen LogP contribution in [-0.4, -0.2) is 17.4 Å². The van der Waals surface area contributed by atoms with Crippen molar-refractivity contribution in [3.05, 3.63) is 23.0 Å². The van der Waals surface area contributed by atoms with Gasteiger partial charge in [0.25, 0.3) is 0 Å². The molecule has 1 aromatic rings. The number of halogens is 1. The molecule has 0 saturated heterocycles. The Morgan fingerprint density at radius 3 is 2.94 bits per heavy atom. The van der Waals surface area contributed by atoms with E-state index in [-0.39, 0.29) is 5.91 Å². The minimum absolute atomic E-state index is 0.0525. The third kappa shape index (κ3) is 4.32. The summed E-state index contributed by atoms with van der Waals surface area (Å²) in [6.07, 6.45) is 2.84. The second kappa shape index (κ2) is 6.57. The van der Waals surface area contributed by atoms with Crippen LogP contribution in [0.5, 0.6) is 0 Å². The van der Waals surface area contributed by atoms with E-state index in [9.17, 15) is 4.79 Å². The molecule has 0 bridgehead atoms. The third-order valence-corrected chi connectivity index (χ3v) is 2.93. The molecule has 4 nitrogen and oxygen atoms in total. The summed E-state index contributed by atoms with van der Waals surface area (Å²) >= 11 is 5.92. The number of carbonyl (C=O) groups excluding carboxylic acids is 1. The van der Waals surface area contributed by atoms with E-state index >= 15 is 0 Å². The van der Waals surface area contributed by atoms with Gasteiger partial charge in [0.1, 0.15) is 0 Å². The van der Waals surface area contributed by atoms with Crippen LogP contribution in [0.25, 0.3) is 0 Å². The number of hydrogen-bond acceptors (Lipinski definition) is 3. The highest BCUT2D eigenvalue weighted by molar-refractivity contribution is 6.32. The molecule has 0 spiro atoms. The van der Waals surface area contributed by atoms with Gasteiger partial charge >= 0.3 is 0 Å². The minimum atomic E-state index is -0.0525. The number of pyridine rings is 1. The second-order valence-electron chi connectivity index (χ2n) is 4.22. The Hall–Kier alpha value is -1.13. The van der Waals surface area contributed by atoms with E-state index < -0.39 is 0 Å². The first kappa shape index (κ1) is 13.9. The van der Waals surface area contributed by atoms with E-state index in [2.05, 4.69) is 10.3 Å². The molecule has 94 valence electrons. The standard InChI is InChI=1S/C12H18ClN3O/c1-8(7-14)3-4-10(17)16-11-9(2)5-6-15-12(11)13/h5-6,8H,3-4,7,14H2,1-2H3,(H,16,17). The molecule has 1 amide bonds. The largest absolute Gasteiger partial charge is 0.330 e. The van der Waals surface area contributed by atoms with Crippen LogP contribution in [0.2, 0.25) is 5.15 Å². The average molecular weight is 256 g/mol. The summed E-state index contributed by atoms with van der Waals surface area (Å²) in [7, 11) is 0. The fraction of sp³-hybridized carbons (Fsp3) is 0.500. The third-order valence-electron chi connectivity index (χ3n) is 2.64. The molecule has 1 heterocycles. The highest BCUT2D eigenvalue weighted by Crippen LogP contribution is 2.23. The lowest BCUT2D eigenvalue weighted by Crippen LogP contribution is -2.17. The molecule has 5 heteroatoms. The number of amides is 1. The lowest BCUT2D eigenvalue weighted by Gasteiger charge is -2.11. The Morgan fingerprint density at radius 2 is 2.35 bits per heavy atom. The maximum absolute atomic E-state index is 11.7. The SMILES string of the molecule is Cc1ccnc(Cl)c1NC(=O)CCC(C)CN. The van der Waals surface area contributed by atoms with Crippen LogP contribution in [0, 0.1) is 12.8 Å². The molecular formula is C12H18ClN3O. The fourth-order valence-electron chi connectivity index (χ4n) is 1.37. The Bertz CT molecular complexity index is 375. The second-order valence-corrected chi connectivity index (χ2v) is 4.58. The van der Waals surface area contributed by atoms with E-state index in [1.54, 1.807) is 6.20 Å². The Balaban J connectivity index is 2.56. The normalized spacial score (nSPS) is 12.2. The molecule has 0 fully saturated rings. The number of carbonyl (C=O) groups is 1. The minimum Gasteiger partial charge on any atom is -0.330 e. The van der Waals surface area contributed by atoms with Gasteiger partial charge < -0.3 is 11.1 Å². The Kier molecular flexibility index (Phi) is 5.38. The first-order valence-electron chi connectivity index (χ1n) is 5.65. The van der Waals surface area contributed by atoms with Gasteiger partial charge in [0, 0.05) is 12.6 Å². The maximum atomic E-state index is 11.7. The zero-order valence-corrected chi connectivity index (χ0v) is 10.9. The van der Waals surface area contributed by atoms with Crippen LogP contribution in [0.15, 0.2) is 12.3 Å². The van der Waals surface area contributed by atoms with Gasteiger partial charge in [-0.3, -0.25) is 4.79 Å². The van der Waals surface area contributed by atoms with E-state index in [1.807, 2.05) is 19.9 Å². The van der Waals surface area contributed by atoms with Gasteiger partial charge in [0.15, 0.2) is 5.15 Å². The van der Waals surface area contributed by atoms with Crippen LogP contribution in [0.1, 0.15) is 25.3 Å². The molecule has 1 unspecified atom stereocenters. The van der Waals surface area contributed by atoms with E-state index in [4.69, 9.17) is 17.3 Å². The molecule has 0 radical (unpaired) electrons. The number of hydrogen-bond donors (Lipinski definition) is 2. The summed E-state index contributed by atoms with van der Waals surface area (Å²) in [5.74, 6) is 0.300. The van der Waals surface area contributed by atoms with E-state index in [0.29, 0.717) is 29.7 Å². The van der Waals surface area contributed by atoms with Gasteiger partial charge in [-0.25, -0.2) is 4.98 Å². The van der Waals surface area contributed by atoms with Gasteiger partial charge in [-0.1, -0.05) is 18.5 Å². The zero-order chi connectivity index (χ0) is 12.8. The van der Waals surface area contributed by atoms with Crippen molar-refractivity contribution in [3.8, 4) is 0 Å². The molecule has 0 aliphatic rings. The molecule has 3 N–H and O–H groups in total. The number of aromatic nitrogens is 1. The predicted molar refractivity (Wildman–Crippen MR) is 70.1 cm³/mol. The van der Waals surface area contributed by atoms with Gasteiger partial charge in [-0.05, 0) is 37.4 Å². The number of anilines is 1. The Morgan fingerprint density at radius 1 is 1.65 bits per heavy atom. The topological polar surface area (TPSA) is 68.0 Å². The lowest BCUT2D eigenvalue weighted by atomic mass is 10.1. The number of nitrogens with one attached hydrogen (secondary N) is 1. The van der Waals surface area contributed by atoms with Crippen molar-refractivity contribution in [1.82, 2.24) is 4.98 Å². The summed E-state index contributed by atoms with van der Waals surface area (Å²) < 4.78 is 0. The van der Waals surface area contributed by atoms with Crippen LogP contribution < -0.4 is 11.1 Å². The first-order chi connectivity index (χ1) is 8.04. The predicted octanol–water partition coefficient (Wildman–Crippen LogP) is 2.36. The summed E-state index contributed by atoms with van der Waals surface area (Å²) in [6, 6.07) is 1.81. The van der Waals surface area contributed by atoms with Crippen molar-refractivity contribution in [2.24, 2.45) is 11.7 Å². The molecular weight excluding hydrogens is 238 g/mol. The van der Waals surface area contributed by atoms with Crippen molar-refractivity contribution < 1.29 is 4.79 Å². The molecule has 1 atom stereocenters. The van der Waals surface area contributed by atoms with Gasteiger partial charge in [0.2, 0.25) is 5.91 Å². The molecule has 1 rings (SSSR count). The van der Waals surface area contributed by atoms with Gasteiger partial charge in [-0.15, -0.1) is 0 Å². The van der Waals surface area contributed by atoms with Gasteiger partial charge in [0.05, 0.1) is 5.69 Å². The van der Waals surface area contributed by atoms with Crippen molar-refractivity contribution >= 4 is 23.2 Å².